The molecule has 0 radical (unpaired) electrons. The third-order valence-electron chi connectivity index (χ3n) is 2.95. The second-order valence-corrected chi connectivity index (χ2v) is 7.66. The van der Waals surface area contributed by atoms with Gasteiger partial charge < -0.3 is 4.90 Å². The maximum Gasteiger partial charge on any atom is 0.242 e. The number of nitrogens with zero attached hydrogens (tertiary/aromatic N) is 3. The number of nitrogens with one attached hydrogen (secondary N) is 1. The maximum absolute atomic E-state index is 12.4. The first-order valence-corrected chi connectivity index (χ1v) is 8.89. The molecule has 1 N–H and O–H groups in total. The summed E-state index contributed by atoms with van der Waals surface area (Å²) in [6, 6.07) is 6.07. The van der Waals surface area contributed by atoms with Crippen molar-refractivity contribution < 1.29 is 8.42 Å². The van der Waals surface area contributed by atoms with Crippen LogP contribution in [0.25, 0.3) is 0 Å². The van der Waals surface area contributed by atoms with E-state index < -0.39 is 10.0 Å². The van der Waals surface area contributed by atoms with Crippen molar-refractivity contribution in [2.75, 3.05) is 19.0 Å². The summed E-state index contributed by atoms with van der Waals surface area (Å²) in [4.78, 5) is 10.3. The second kappa shape index (κ2) is 7.00. The fraction of sp³-hybridized carbons (Fsp3) is 0.286. The van der Waals surface area contributed by atoms with E-state index in [2.05, 4.69) is 14.7 Å². The molecule has 23 heavy (non-hydrogen) atoms. The smallest absolute Gasteiger partial charge is 0.242 e. The molecule has 0 amide bonds. The van der Waals surface area contributed by atoms with Crippen molar-refractivity contribution in [2.45, 2.75) is 18.4 Å². The van der Waals surface area contributed by atoms with E-state index in [-0.39, 0.29) is 21.5 Å². The number of aryl methyl sites for hydroxylation is 1. The highest BCUT2D eigenvalue weighted by atomic mass is 35.5. The molecule has 0 saturated heterocycles. The Bertz CT molecular complexity index is 826. The van der Waals surface area contributed by atoms with Gasteiger partial charge in [0.05, 0.1) is 11.6 Å². The molecular weight excluding hydrogens is 359 g/mol. The molecule has 1 heterocycles. The average Bonchev–Trinajstić information content (AvgIpc) is 2.47. The molecule has 0 atom stereocenters. The van der Waals surface area contributed by atoms with Gasteiger partial charge in [-0.3, -0.25) is 0 Å². The van der Waals surface area contributed by atoms with Crippen LogP contribution in [0.5, 0.6) is 0 Å². The van der Waals surface area contributed by atoms with Crippen LogP contribution < -0.4 is 9.62 Å². The number of sulfonamides is 1. The first-order chi connectivity index (χ1) is 10.7. The topological polar surface area (TPSA) is 75.2 Å². The number of halogens is 2. The summed E-state index contributed by atoms with van der Waals surface area (Å²) >= 11 is 11.8. The van der Waals surface area contributed by atoms with Gasteiger partial charge in [0, 0.05) is 30.9 Å². The van der Waals surface area contributed by atoms with Crippen LogP contribution in [0.15, 0.2) is 29.2 Å². The molecule has 1 aromatic heterocycles. The van der Waals surface area contributed by atoms with E-state index in [1.165, 1.54) is 18.2 Å². The lowest BCUT2D eigenvalue weighted by molar-refractivity contribution is 0.579. The molecule has 0 bridgehead atoms. The third kappa shape index (κ3) is 4.54. The van der Waals surface area contributed by atoms with E-state index in [9.17, 15) is 8.42 Å². The van der Waals surface area contributed by atoms with Crippen LogP contribution in [-0.4, -0.2) is 32.5 Å². The van der Waals surface area contributed by atoms with Crippen LogP contribution in [-0.2, 0) is 16.6 Å². The highest BCUT2D eigenvalue weighted by molar-refractivity contribution is 7.89. The second-order valence-electron chi connectivity index (χ2n) is 5.08. The molecule has 6 nitrogen and oxygen atoms in total. The minimum absolute atomic E-state index is 0.0479. The molecule has 2 rings (SSSR count). The van der Waals surface area contributed by atoms with E-state index in [1.807, 2.05) is 32.0 Å². The molecule has 1 aromatic carbocycles. The lowest BCUT2D eigenvalue weighted by Crippen LogP contribution is -2.25. The Kier molecular flexibility index (Phi) is 5.46. The Balaban J connectivity index is 2.24. The number of hydrogen-bond donors (Lipinski definition) is 1. The fourth-order valence-corrected chi connectivity index (χ4v) is 3.58. The normalized spacial score (nSPS) is 11.5. The van der Waals surface area contributed by atoms with Crippen LogP contribution in [0.1, 0.15) is 11.5 Å². The summed E-state index contributed by atoms with van der Waals surface area (Å²) in [6.45, 7) is 1.77. The summed E-state index contributed by atoms with van der Waals surface area (Å²) in [7, 11) is -0.120. The van der Waals surface area contributed by atoms with Gasteiger partial charge >= 0.3 is 0 Å². The summed E-state index contributed by atoms with van der Waals surface area (Å²) in [5.74, 6) is 1.07. The van der Waals surface area contributed by atoms with Crippen molar-refractivity contribution in [3.8, 4) is 0 Å². The van der Waals surface area contributed by atoms with Crippen molar-refractivity contribution in [3.63, 3.8) is 0 Å². The highest BCUT2D eigenvalue weighted by Gasteiger charge is 2.19. The molecular formula is C14H16Cl2N4O2S. The Morgan fingerprint density at radius 3 is 2.52 bits per heavy atom. The van der Waals surface area contributed by atoms with Crippen molar-refractivity contribution in [2.24, 2.45) is 0 Å². The van der Waals surface area contributed by atoms with E-state index in [0.717, 1.165) is 5.69 Å². The van der Waals surface area contributed by atoms with Crippen molar-refractivity contribution in [3.05, 3.63) is 45.8 Å². The van der Waals surface area contributed by atoms with Crippen LogP contribution in [0.3, 0.4) is 0 Å². The monoisotopic (exact) mass is 374 g/mol. The maximum atomic E-state index is 12.4. The van der Waals surface area contributed by atoms with Gasteiger partial charge in [-0.25, -0.2) is 23.1 Å². The van der Waals surface area contributed by atoms with Crippen LogP contribution in [0.4, 0.5) is 5.82 Å². The lowest BCUT2D eigenvalue weighted by Gasteiger charge is -2.13. The number of hydrogen-bond acceptors (Lipinski definition) is 5. The average molecular weight is 375 g/mol. The SMILES string of the molecule is Cc1cc(N(C)C)nc(CNS(=O)(=O)c2cc(Cl)ccc2Cl)n1. The first-order valence-electron chi connectivity index (χ1n) is 6.65. The van der Waals surface area contributed by atoms with E-state index in [1.54, 1.807) is 0 Å². The molecule has 0 aliphatic carbocycles. The number of aromatic nitrogens is 2. The molecule has 0 unspecified atom stereocenters. The van der Waals surface area contributed by atoms with Crippen LogP contribution in [0, 0.1) is 6.92 Å². The van der Waals surface area contributed by atoms with Crippen molar-refractivity contribution in [1.29, 1.82) is 0 Å². The molecule has 124 valence electrons. The minimum atomic E-state index is -3.82. The minimum Gasteiger partial charge on any atom is -0.363 e. The van der Waals surface area contributed by atoms with E-state index in [0.29, 0.717) is 11.6 Å². The third-order valence-corrected chi connectivity index (χ3v) is 5.07. The number of anilines is 1. The zero-order valence-electron chi connectivity index (χ0n) is 12.8. The van der Waals surface area contributed by atoms with Gasteiger partial charge in [0.1, 0.15) is 16.5 Å². The predicted molar refractivity (Wildman–Crippen MR) is 91.6 cm³/mol. The quantitative estimate of drug-likeness (QED) is 0.870. The molecule has 9 heteroatoms. The van der Waals surface area contributed by atoms with Gasteiger partial charge in [-0.05, 0) is 25.1 Å². The van der Waals surface area contributed by atoms with Gasteiger partial charge in [-0.2, -0.15) is 0 Å². The van der Waals surface area contributed by atoms with Crippen LogP contribution >= 0.6 is 23.2 Å². The largest absolute Gasteiger partial charge is 0.363 e. The molecule has 0 aliphatic rings. The van der Waals surface area contributed by atoms with Crippen molar-refractivity contribution in [1.82, 2.24) is 14.7 Å². The Labute approximate surface area is 145 Å². The lowest BCUT2D eigenvalue weighted by atomic mass is 10.4. The molecule has 0 saturated carbocycles. The summed E-state index contributed by atoms with van der Waals surface area (Å²) in [5.41, 5.74) is 0.749. The zero-order valence-corrected chi connectivity index (χ0v) is 15.2. The van der Waals surface area contributed by atoms with Crippen LogP contribution in [0.2, 0.25) is 10.0 Å². The first kappa shape index (κ1) is 17.9. The van der Waals surface area contributed by atoms with Gasteiger partial charge in [-0.1, -0.05) is 23.2 Å². The molecule has 2 aromatic rings. The van der Waals surface area contributed by atoms with Gasteiger partial charge in [0.2, 0.25) is 10.0 Å². The molecule has 0 fully saturated rings. The Hall–Kier alpha value is -1.41. The van der Waals surface area contributed by atoms with Gasteiger partial charge in [0.25, 0.3) is 0 Å². The molecule has 0 spiro atoms. The van der Waals surface area contributed by atoms with E-state index >= 15 is 0 Å². The van der Waals surface area contributed by atoms with Gasteiger partial charge in [0.15, 0.2) is 0 Å². The Morgan fingerprint density at radius 1 is 1.17 bits per heavy atom. The standard InChI is InChI=1S/C14H16Cl2N4O2S/c1-9-6-14(20(2)3)19-13(18-9)8-17-23(21,22)12-7-10(15)4-5-11(12)16/h4-7,17H,8H2,1-3H3. The summed E-state index contributed by atoms with van der Waals surface area (Å²) in [5, 5.41) is 0.387. The molecule has 0 aliphatic heterocycles. The summed E-state index contributed by atoms with van der Waals surface area (Å²) < 4.78 is 27.2. The van der Waals surface area contributed by atoms with E-state index in [4.69, 9.17) is 23.2 Å². The fourth-order valence-electron chi connectivity index (χ4n) is 1.84. The van der Waals surface area contributed by atoms with Crippen molar-refractivity contribution >= 4 is 39.0 Å². The number of rotatable bonds is 5. The Morgan fingerprint density at radius 2 is 1.87 bits per heavy atom. The number of benzene rings is 1. The summed E-state index contributed by atoms with van der Waals surface area (Å²) in [6.07, 6.45) is 0. The zero-order chi connectivity index (χ0) is 17.2. The highest BCUT2D eigenvalue weighted by Crippen LogP contribution is 2.24. The predicted octanol–water partition coefficient (Wildman–Crippen LogP) is 2.64. The van der Waals surface area contributed by atoms with Gasteiger partial charge in [-0.15, -0.1) is 0 Å².